The van der Waals surface area contributed by atoms with Crippen molar-refractivity contribution < 1.29 is 14.7 Å². The monoisotopic (exact) mass is 285 g/mol. The summed E-state index contributed by atoms with van der Waals surface area (Å²) in [6, 6.07) is 6.37. The van der Waals surface area contributed by atoms with E-state index >= 15 is 0 Å². The third-order valence-corrected chi connectivity index (χ3v) is 3.72. The van der Waals surface area contributed by atoms with Gasteiger partial charge in [-0.2, -0.15) is 0 Å². The molecule has 1 N–H and O–H groups in total. The van der Waals surface area contributed by atoms with Crippen LogP contribution in [-0.2, 0) is 4.79 Å². The Morgan fingerprint density at radius 3 is 2.62 bits per heavy atom. The first-order valence-corrected chi connectivity index (χ1v) is 6.79. The van der Waals surface area contributed by atoms with Crippen LogP contribution < -0.4 is 0 Å². The van der Waals surface area contributed by atoms with Crippen LogP contribution in [0.25, 0.3) is 5.69 Å². The standard InChI is InChI=1S/C15H15N3O3/c19-14(18-8-1-2-13(18)15(20)21)11-3-5-12(6-4-11)17-9-7-16-10-17/h3-7,9-10,13H,1-2,8H2,(H,20,21)/t13-/m1/s1. The van der Waals surface area contributed by atoms with Crippen molar-refractivity contribution in [1.29, 1.82) is 0 Å². The van der Waals surface area contributed by atoms with Crippen molar-refractivity contribution >= 4 is 11.9 Å². The molecule has 0 bridgehead atoms. The van der Waals surface area contributed by atoms with Crippen LogP contribution in [0.1, 0.15) is 23.2 Å². The maximum absolute atomic E-state index is 12.4. The van der Waals surface area contributed by atoms with Crippen molar-refractivity contribution in [3.8, 4) is 5.69 Å². The van der Waals surface area contributed by atoms with Crippen molar-refractivity contribution in [2.75, 3.05) is 6.54 Å². The second-order valence-electron chi connectivity index (χ2n) is 5.01. The normalized spacial score (nSPS) is 17.9. The molecule has 6 heteroatoms. The number of hydrogen-bond acceptors (Lipinski definition) is 3. The average Bonchev–Trinajstić information content (AvgIpc) is 3.18. The van der Waals surface area contributed by atoms with Gasteiger partial charge in [-0.3, -0.25) is 4.79 Å². The van der Waals surface area contributed by atoms with E-state index in [0.717, 1.165) is 12.1 Å². The number of nitrogens with zero attached hydrogens (tertiary/aromatic N) is 3. The maximum atomic E-state index is 12.4. The number of carboxylic acids is 1. The lowest BCUT2D eigenvalue weighted by atomic mass is 10.1. The fraction of sp³-hybridized carbons (Fsp3) is 0.267. The van der Waals surface area contributed by atoms with E-state index in [1.807, 2.05) is 22.9 Å². The molecular formula is C15H15N3O3. The van der Waals surface area contributed by atoms with Crippen molar-refractivity contribution in [2.24, 2.45) is 0 Å². The van der Waals surface area contributed by atoms with E-state index < -0.39 is 12.0 Å². The van der Waals surface area contributed by atoms with Gasteiger partial charge in [0.2, 0.25) is 0 Å². The molecule has 108 valence electrons. The highest BCUT2D eigenvalue weighted by atomic mass is 16.4. The molecule has 3 rings (SSSR count). The number of likely N-dealkylation sites (tertiary alicyclic amines) is 1. The molecule has 0 radical (unpaired) electrons. The highest BCUT2D eigenvalue weighted by Gasteiger charge is 2.34. The van der Waals surface area contributed by atoms with Crippen molar-refractivity contribution in [2.45, 2.75) is 18.9 Å². The summed E-state index contributed by atoms with van der Waals surface area (Å²) < 4.78 is 1.84. The summed E-state index contributed by atoms with van der Waals surface area (Å²) in [5.41, 5.74) is 1.41. The van der Waals surface area contributed by atoms with Crippen LogP contribution in [0.5, 0.6) is 0 Å². The molecule has 0 saturated carbocycles. The smallest absolute Gasteiger partial charge is 0.326 e. The van der Waals surface area contributed by atoms with Gasteiger partial charge < -0.3 is 14.6 Å². The van der Waals surface area contributed by atoms with Crippen LogP contribution in [0.3, 0.4) is 0 Å². The number of aromatic nitrogens is 2. The number of rotatable bonds is 3. The Balaban J connectivity index is 1.80. The highest BCUT2D eigenvalue weighted by molar-refractivity contribution is 5.97. The van der Waals surface area contributed by atoms with Gasteiger partial charge in [-0.1, -0.05) is 0 Å². The van der Waals surface area contributed by atoms with Crippen molar-refractivity contribution in [3.63, 3.8) is 0 Å². The zero-order valence-electron chi connectivity index (χ0n) is 11.3. The summed E-state index contributed by atoms with van der Waals surface area (Å²) in [5, 5.41) is 9.14. The summed E-state index contributed by atoms with van der Waals surface area (Å²) in [4.78, 5) is 29.0. The number of carbonyl (C=O) groups excluding carboxylic acids is 1. The molecule has 1 aromatic heterocycles. The summed E-state index contributed by atoms with van der Waals surface area (Å²) in [5.74, 6) is -1.16. The molecule has 1 aliphatic heterocycles. The maximum Gasteiger partial charge on any atom is 0.326 e. The molecule has 1 amide bonds. The largest absolute Gasteiger partial charge is 0.480 e. The van der Waals surface area contributed by atoms with Crippen LogP contribution >= 0.6 is 0 Å². The molecule has 0 unspecified atom stereocenters. The zero-order valence-corrected chi connectivity index (χ0v) is 11.3. The molecule has 1 aliphatic rings. The van der Waals surface area contributed by atoms with E-state index in [1.54, 1.807) is 24.7 Å². The molecule has 2 aromatic rings. The molecule has 0 aliphatic carbocycles. The fourth-order valence-electron chi connectivity index (χ4n) is 2.62. The van der Waals surface area contributed by atoms with Crippen LogP contribution in [0, 0.1) is 0 Å². The van der Waals surface area contributed by atoms with Crippen molar-refractivity contribution in [1.82, 2.24) is 14.5 Å². The van der Waals surface area contributed by atoms with Crippen LogP contribution in [0.15, 0.2) is 43.0 Å². The number of amides is 1. The Labute approximate surface area is 121 Å². The Morgan fingerprint density at radius 2 is 2.00 bits per heavy atom. The number of imidazole rings is 1. The van der Waals surface area contributed by atoms with Crippen LogP contribution in [0.4, 0.5) is 0 Å². The second kappa shape index (κ2) is 5.40. The Bertz CT molecular complexity index is 649. The number of benzene rings is 1. The van der Waals surface area contributed by atoms with Gasteiger partial charge in [0, 0.05) is 30.2 Å². The lowest BCUT2D eigenvalue weighted by Gasteiger charge is -2.21. The molecule has 1 atom stereocenters. The summed E-state index contributed by atoms with van der Waals surface area (Å²) in [6.07, 6.45) is 6.43. The van der Waals surface area contributed by atoms with Crippen LogP contribution in [0.2, 0.25) is 0 Å². The van der Waals surface area contributed by atoms with Crippen molar-refractivity contribution in [3.05, 3.63) is 48.5 Å². The predicted octanol–water partition coefficient (Wildman–Crippen LogP) is 1.56. The van der Waals surface area contributed by atoms with E-state index in [4.69, 9.17) is 5.11 Å². The van der Waals surface area contributed by atoms with E-state index in [1.165, 1.54) is 4.90 Å². The Morgan fingerprint density at radius 1 is 1.24 bits per heavy atom. The van der Waals surface area contributed by atoms with E-state index in [2.05, 4.69) is 4.98 Å². The SMILES string of the molecule is O=C(O)[C@H]1CCCN1C(=O)c1ccc(-n2ccnc2)cc1. The third-order valence-electron chi connectivity index (χ3n) is 3.72. The molecule has 6 nitrogen and oxygen atoms in total. The summed E-state index contributed by atoms with van der Waals surface area (Å²) >= 11 is 0. The topological polar surface area (TPSA) is 75.4 Å². The first kappa shape index (κ1) is 13.4. The first-order valence-electron chi connectivity index (χ1n) is 6.79. The lowest BCUT2D eigenvalue weighted by Crippen LogP contribution is -2.40. The molecular weight excluding hydrogens is 270 g/mol. The average molecular weight is 285 g/mol. The molecule has 2 heterocycles. The molecule has 0 spiro atoms. The van der Waals surface area contributed by atoms with Gasteiger partial charge in [-0.15, -0.1) is 0 Å². The van der Waals surface area contributed by atoms with Crippen LogP contribution in [-0.4, -0.2) is 44.0 Å². The highest BCUT2D eigenvalue weighted by Crippen LogP contribution is 2.21. The Kier molecular flexibility index (Phi) is 3.43. The van der Waals surface area contributed by atoms with Gasteiger partial charge in [0.05, 0.1) is 6.33 Å². The minimum Gasteiger partial charge on any atom is -0.480 e. The van der Waals surface area contributed by atoms with E-state index in [9.17, 15) is 9.59 Å². The van der Waals surface area contributed by atoms with Gasteiger partial charge in [0.1, 0.15) is 6.04 Å². The third kappa shape index (κ3) is 2.52. The molecule has 1 aromatic carbocycles. The predicted molar refractivity (Wildman–Crippen MR) is 75.3 cm³/mol. The van der Waals surface area contributed by atoms with Gasteiger partial charge in [0.15, 0.2) is 0 Å². The first-order chi connectivity index (χ1) is 10.2. The van der Waals surface area contributed by atoms with Gasteiger partial charge in [0.25, 0.3) is 5.91 Å². The number of aliphatic carboxylic acids is 1. The minimum absolute atomic E-state index is 0.225. The quantitative estimate of drug-likeness (QED) is 0.928. The second-order valence-corrected chi connectivity index (χ2v) is 5.01. The van der Waals surface area contributed by atoms with E-state index in [-0.39, 0.29) is 5.91 Å². The minimum atomic E-state index is -0.934. The molecule has 1 saturated heterocycles. The number of carboxylic acid groups (broad SMARTS) is 1. The van der Waals surface area contributed by atoms with Gasteiger partial charge >= 0.3 is 5.97 Å². The summed E-state index contributed by atoms with van der Waals surface area (Å²) in [7, 11) is 0. The van der Waals surface area contributed by atoms with Gasteiger partial charge in [-0.05, 0) is 37.1 Å². The summed E-state index contributed by atoms with van der Waals surface area (Å²) in [6.45, 7) is 0.499. The van der Waals surface area contributed by atoms with Gasteiger partial charge in [-0.25, -0.2) is 9.78 Å². The molecule has 21 heavy (non-hydrogen) atoms. The number of carbonyl (C=O) groups is 2. The molecule has 1 fully saturated rings. The van der Waals surface area contributed by atoms with E-state index in [0.29, 0.717) is 18.5 Å². The Hall–Kier alpha value is -2.63. The lowest BCUT2D eigenvalue weighted by molar-refractivity contribution is -0.141. The zero-order chi connectivity index (χ0) is 14.8. The number of hydrogen-bond donors (Lipinski definition) is 1. The fourth-order valence-corrected chi connectivity index (χ4v) is 2.62.